The molecule has 0 aliphatic carbocycles. The van der Waals surface area contributed by atoms with Crippen LogP contribution >= 0.6 is 0 Å². The van der Waals surface area contributed by atoms with Gasteiger partial charge in [0.1, 0.15) is 11.2 Å². The molecule has 0 aromatic heterocycles. The molecule has 0 amide bonds. The highest BCUT2D eigenvalue weighted by molar-refractivity contribution is 6.75. The van der Waals surface area contributed by atoms with E-state index in [2.05, 4.69) is 0 Å². The molecule has 6 fully saturated rings. The summed E-state index contributed by atoms with van der Waals surface area (Å²) in [6.07, 6.45) is 3.67. The molecule has 6 heterocycles. The van der Waals surface area contributed by atoms with E-state index in [1.807, 2.05) is 13.8 Å². The summed E-state index contributed by atoms with van der Waals surface area (Å²) in [7, 11) is -0.222. The van der Waals surface area contributed by atoms with Crippen LogP contribution in [0.1, 0.15) is 52.4 Å². The normalized spacial score (nSPS) is 49.0. The minimum atomic E-state index is -3.56. The maximum Gasteiger partial charge on any atom is 0.411 e. The van der Waals surface area contributed by atoms with E-state index in [0.29, 0.717) is 52.5 Å². The van der Waals surface area contributed by atoms with Crippen molar-refractivity contribution >= 4 is 8.56 Å². The van der Waals surface area contributed by atoms with Gasteiger partial charge in [-0.25, -0.2) is 0 Å². The molecule has 0 saturated carbocycles. The van der Waals surface area contributed by atoms with E-state index in [0.717, 1.165) is 25.7 Å². The molecule has 0 bridgehead atoms. The number of hydrogen-bond donors (Lipinski definition) is 0. The van der Waals surface area contributed by atoms with Crippen molar-refractivity contribution in [3.8, 4) is 0 Å². The number of ether oxygens (including phenoxy) is 8. The third kappa shape index (κ3) is 2.94. The summed E-state index contributed by atoms with van der Waals surface area (Å²) in [5, 5.41) is -1.80. The Labute approximate surface area is 208 Å². The number of rotatable bonds is 12. The van der Waals surface area contributed by atoms with Gasteiger partial charge in [0.2, 0.25) is 0 Å². The van der Waals surface area contributed by atoms with Crippen molar-refractivity contribution in [2.45, 2.75) is 98.8 Å². The Morgan fingerprint density at radius 1 is 0.714 bits per heavy atom. The van der Waals surface area contributed by atoms with Crippen LogP contribution in [0.15, 0.2) is 0 Å². The molecule has 35 heavy (non-hydrogen) atoms. The van der Waals surface area contributed by atoms with Crippen molar-refractivity contribution in [3.63, 3.8) is 0 Å². The summed E-state index contributed by atoms with van der Waals surface area (Å²) in [6.45, 7) is 7.62. The maximum atomic E-state index is 6.96. The molecule has 0 spiro atoms. The zero-order chi connectivity index (χ0) is 24.4. The van der Waals surface area contributed by atoms with Gasteiger partial charge in [-0.15, -0.1) is 0 Å². The van der Waals surface area contributed by atoms with E-state index in [1.54, 1.807) is 14.2 Å². The molecule has 0 aromatic carbocycles. The first-order chi connectivity index (χ1) is 17.0. The van der Waals surface area contributed by atoms with Gasteiger partial charge < -0.3 is 46.7 Å². The maximum absolute atomic E-state index is 6.96. The van der Waals surface area contributed by atoms with Gasteiger partial charge in [-0.3, -0.25) is 0 Å². The van der Waals surface area contributed by atoms with Crippen LogP contribution in [0.3, 0.4) is 0 Å². The summed E-state index contributed by atoms with van der Waals surface area (Å²) >= 11 is 0. The van der Waals surface area contributed by atoms with Crippen molar-refractivity contribution in [3.05, 3.63) is 0 Å². The summed E-state index contributed by atoms with van der Waals surface area (Å²) in [5.74, 6) is 0. The Hall–Kier alpha value is -0.183. The third-order valence-electron chi connectivity index (χ3n) is 9.33. The Kier molecular flexibility index (Phi) is 6.42. The molecule has 11 heteroatoms. The van der Waals surface area contributed by atoms with Crippen LogP contribution in [-0.2, 0) is 46.7 Å². The van der Waals surface area contributed by atoms with Gasteiger partial charge in [0.05, 0.1) is 25.4 Å². The molecule has 10 nitrogen and oxygen atoms in total. The number of methoxy groups -OCH3 is 2. The summed E-state index contributed by atoms with van der Waals surface area (Å²) < 4.78 is 64.1. The highest BCUT2D eigenvalue weighted by Gasteiger charge is 2.91. The molecule has 6 rings (SSSR count). The fraction of sp³-hybridized carbons (Fsp3) is 1.00. The first-order valence-corrected chi connectivity index (χ1v) is 15.0. The Morgan fingerprint density at radius 3 is 1.29 bits per heavy atom. The van der Waals surface area contributed by atoms with Crippen LogP contribution in [0, 0.1) is 0 Å². The lowest BCUT2D eigenvalue weighted by molar-refractivity contribution is -0.420. The highest BCUT2D eigenvalue weighted by Crippen LogP contribution is 2.67. The van der Waals surface area contributed by atoms with Gasteiger partial charge >= 0.3 is 8.56 Å². The van der Waals surface area contributed by atoms with Crippen molar-refractivity contribution < 1.29 is 46.7 Å². The monoisotopic (exact) mass is 516 g/mol. The first-order valence-electron chi connectivity index (χ1n) is 13.2. The van der Waals surface area contributed by atoms with Crippen LogP contribution in [0.5, 0.6) is 0 Å². The van der Waals surface area contributed by atoms with Gasteiger partial charge in [0.15, 0.2) is 23.0 Å². The molecule has 200 valence electrons. The SMILES string of the molecule is CCO[Si](OCC)(C1(C2(C3CCO3)CCO2)CC(OC)O1)C1(C2(C3CCO3)CCO2)CC(OC)O1. The van der Waals surface area contributed by atoms with Crippen LogP contribution in [0.4, 0.5) is 0 Å². The summed E-state index contributed by atoms with van der Waals surface area (Å²) in [5.41, 5.74) is -1.37. The lowest BCUT2D eigenvalue weighted by Crippen LogP contribution is -2.97. The molecule has 6 saturated heterocycles. The smallest absolute Gasteiger partial charge is 0.391 e. The Morgan fingerprint density at radius 2 is 1.09 bits per heavy atom. The van der Waals surface area contributed by atoms with E-state index in [9.17, 15) is 0 Å². The second-order valence-electron chi connectivity index (χ2n) is 10.4. The van der Waals surface area contributed by atoms with Crippen molar-refractivity contribution in [2.24, 2.45) is 0 Å². The van der Waals surface area contributed by atoms with E-state index in [-0.39, 0.29) is 24.8 Å². The van der Waals surface area contributed by atoms with Crippen LogP contribution in [0.25, 0.3) is 0 Å². The molecular weight excluding hydrogens is 476 g/mol. The molecule has 6 aliphatic heterocycles. The molecule has 8 atom stereocenters. The van der Waals surface area contributed by atoms with Crippen LogP contribution < -0.4 is 0 Å². The third-order valence-corrected chi connectivity index (χ3v) is 14.3. The predicted molar refractivity (Wildman–Crippen MR) is 123 cm³/mol. The van der Waals surface area contributed by atoms with E-state index >= 15 is 0 Å². The average Bonchev–Trinajstić information content (AvgIpc) is 2.65. The zero-order valence-electron chi connectivity index (χ0n) is 21.4. The van der Waals surface area contributed by atoms with Crippen molar-refractivity contribution in [1.82, 2.24) is 0 Å². The quantitative estimate of drug-likeness (QED) is 0.357. The fourth-order valence-electron chi connectivity index (χ4n) is 7.44. The Bertz CT molecular complexity index is 702. The van der Waals surface area contributed by atoms with Crippen molar-refractivity contribution in [2.75, 3.05) is 53.9 Å². The minimum absolute atomic E-state index is 0.0876. The Balaban J connectivity index is 1.53. The van der Waals surface area contributed by atoms with Gasteiger partial charge in [-0.05, 0) is 26.7 Å². The lowest BCUT2D eigenvalue weighted by Gasteiger charge is -2.75. The molecule has 8 unspecified atom stereocenters. The van der Waals surface area contributed by atoms with E-state index in [1.165, 1.54) is 0 Å². The van der Waals surface area contributed by atoms with E-state index in [4.69, 9.17) is 46.7 Å². The predicted octanol–water partition coefficient (Wildman–Crippen LogP) is 1.74. The summed E-state index contributed by atoms with van der Waals surface area (Å²) in [6, 6.07) is 0. The average molecular weight is 517 g/mol. The lowest BCUT2D eigenvalue weighted by atomic mass is 9.74. The van der Waals surface area contributed by atoms with Gasteiger partial charge in [-0.2, -0.15) is 0 Å². The minimum Gasteiger partial charge on any atom is -0.391 e. The van der Waals surface area contributed by atoms with Gasteiger partial charge in [0, 0.05) is 66.3 Å². The fourth-order valence-corrected chi connectivity index (χ4v) is 13.2. The standard InChI is InChI=1S/C24H40O10Si/c1-5-31-35(32-6-2,23(15-19(25-3)33-23)21(9-13-29-21)17-7-11-27-17)24(16-20(26-4)34-24)22(10-14-30-22)18-8-12-28-18/h17-20H,5-16H2,1-4H3. The first kappa shape index (κ1) is 25.1. The zero-order valence-corrected chi connectivity index (χ0v) is 22.4. The second-order valence-corrected chi connectivity index (χ2v) is 13.8. The molecular formula is C24H40O10Si. The molecule has 6 aliphatic rings. The van der Waals surface area contributed by atoms with Gasteiger partial charge in [0.25, 0.3) is 0 Å². The van der Waals surface area contributed by atoms with Crippen LogP contribution in [-0.4, -0.2) is 109 Å². The topological polar surface area (TPSA) is 92.3 Å². The van der Waals surface area contributed by atoms with E-state index < -0.39 is 30.2 Å². The van der Waals surface area contributed by atoms with Crippen LogP contribution in [0.2, 0.25) is 0 Å². The molecule has 0 radical (unpaired) electrons. The second kappa shape index (κ2) is 8.94. The summed E-state index contributed by atoms with van der Waals surface area (Å²) in [4.78, 5) is 0. The van der Waals surface area contributed by atoms with Gasteiger partial charge in [-0.1, -0.05) is 0 Å². The number of hydrogen-bond acceptors (Lipinski definition) is 10. The van der Waals surface area contributed by atoms with Crippen molar-refractivity contribution in [1.29, 1.82) is 0 Å². The largest absolute Gasteiger partial charge is 0.411 e. The highest BCUT2D eigenvalue weighted by atomic mass is 28.4. The molecule has 0 N–H and O–H groups in total. The molecule has 0 aromatic rings.